The highest BCUT2D eigenvalue weighted by molar-refractivity contribution is 7.12. The average Bonchev–Trinajstić information content (AvgIpc) is 2.77. The SMILES string of the molecule is CCCc1nc(-c2ccc(C)c(C)c2)c(CCN)s1. The third-order valence-electron chi connectivity index (χ3n) is 3.36. The van der Waals surface area contributed by atoms with E-state index in [9.17, 15) is 0 Å². The molecule has 0 spiro atoms. The summed E-state index contributed by atoms with van der Waals surface area (Å²) in [5.74, 6) is 0. The van der Waals surface area contributed by atoms with Crippen molar-refractivity contribution in [2.24, 2.45) is 5.73 Å². The molecule has 2 rings (SSSR count). The Kier molecular flexibility index (Phi) is 4.72. The molecule has 0 saturated heterocycles. The number of thiazole rings is 1. The van der Waals surface area contributed by atoms with Crippen LogP contribution in [0.1, 0.15) is 34.4 Å². The van der Waals surface area contributed by atoms with Crippen LogP contribution in [-0.2, 0) is 12.8 Å². The predicted octanol–water partition coefficient (Wildman–Crippen LogP) is 3.88. The molecule has 0 aliphatic carbocycles. The zero-order chi connectivity index (χ0) is 13.8. The first-order chi connectivity index (χ1) is 9.15. The van der Waals surface area contributed by atoms with Gasteiger partial charge in [0, 0.05) is 10.4 Å². The predicted molar refractivity (Wildman–Crippen MR) is 83.8 cm³/mol. The van der Waals surface area contributed by atoms with Gasteiger partial charge in [0.05, 0.1) is 10.7 Å². The summed E-state index contributed by atoms with van der Waals surface area (Å²) < 4.78 is 0. The van der Waals surface area contributed by atoms with Crippen molar-refractivity contribution in [1.29, 1.82) is 0 Å². The first-order valence-corrected chi connectivity index (χ1v) is 7.73. The zero-order valence-corrected chi connectivity index (χ0v) is 12.8. The number of aromatic nitrogens is 1. The molecule has 102 valence electrons. The van der Waals surface area contributed by atoms with Gasteiger partial charge in [-0.3, -0.25) is 0 Å². The Hall–Kier alpha value is -1.19. The van der Waals surface area contributed by atoms with Gasteiger partial charge in [0.25, 0.3) is 0 Å². The normalized spacial score (nSPS) is 10.9. The van der Waals surface area contributed by atoms with Crippen molar-refractivity contribution in [3.8, 4) is 11.3 Å². The van der Waals surface area contributed by atoms with Gasteiger partial charge in [-0.25, -0.2) is 4.98 Å². The lowest BCUT2D eigenvalue weighted by atomic mass is 10.0. The molecule has 3 heteroatoms. The Morgan fingerprint density at radius 2 is 1.95 bits per heavy atom. The van der Waals surface area contributed by atoms with Crippen LogP contribution in [0.5, 0.6) is 0 Å². The molecular formula is C16H22N2S. The van der Waals surface area contributed by atoms with E-state index in [-0.39, 0.29) is 0 Å². The summed E-state index contributed by atoms with van der Waals surface area (Å²) in [4.78, 5) is 6.15. The van der Waals surface area contributed by atoms with Gasteiger partial charge in [-0.2, -0.15) is 0 Å². The largest absolute Gasteiger partial charge is 0.330 e. The lowest BCUT2D eigenvalue weighted by Crippen LogP contribution is -2.02. The fraction of sp³-hybridized carbons (Fsp3) is 0.438. The second-order valence-electron chi connectivity index (χ2n) is 4.97. The molecule has 0 atom stereocenters. The lowest BCUT2D eigenvalue weighted by Gasteiger charge is -2.05. The van der Waals surface area contributed by atoms with Crippen LogP contribution in [0.3, 0.4) is 0 Å². The number of nitrogens with zero attached hydrogens (tertiary/aromatic N) is 1. The molecule has 2 aromatic rings. The van der Waals surface area contributed by atoms with E-state index in [4.69, 9.17) is 10.7 Å². The molecule has 0 amide bonds. The Morgan fingerprint density at radius 1 is 1.16 bits per heavy atom. The molecule has 0 fully saturated rings. The van der Waals surface area contributed by atoms with Crippen LogP contribution in [-0.4, -0.2) is 11.5 Å². The van der Waals surface area contributed by atoms with Crippen molar-refractivity contribution >= 4 is 11.3 Å². The lowest BCUT2D eigenvalue weighted by molar-refractivity contribution is 0.909. The van der Waals surface area contributed by atoms with Crippen molar-refractivity contribution in [1.82, 2.24) is 4.98 Å². The summed E-state index contributed by atoms with van der Waals surface area (Å²) in [6.45, 7) is 7.18. The first-order valence-electron chi connectivity index (χ1n) is 6.92. The molecule has 0 radical (unpaired) electrons. The minimum Gasteiger partial charge on any atom is -0.330 e. The van der Waals surface area contributed by atoms with E-state index >= 15 is 0 Å². The molecule has 19 heavy (non-hydrogen) atoms. The highest BCUT2D eigenvalue weighted by Crippen LogP contribution is 2.30. The van der Waals surface area contributed by atoms with Crippen LogP contribution in [0.25, 0.3) is 11.3 Å². The van der Waals surface area contributed by atoms with Crippen molar-refractivity contribution in [3.05, 3.63) is 39.2 Å². The summed E-state index contributed by atoms with van der Waals surface area (Å²) in [5.41, 5.74) is 10.7. The van der Waals surface area contributed by atoms with Crippen LogP contribution < -0.4 is 5.73 Å². The fourth-order valence-electron chi connectivity index (χ4n) is 2.14. The van der Waals surface area contributed by atoms with Crippen molar-refractivity contribution in [3.63, 3.8) is 0 Å². The Labute approximate surface area is 119 Å². The van der Waals surface area contributed by atoms with Crippen LogP contribution in [0.15, 0.2) is 18.2 Å². The monoisotopic (exact) mass is 274 g/mol. The third-order valence-corrected chi connectivity index (χ3v) is 4.53. The standard InChI is InChI=1S/C16H22N2S/c1-4-5-15-18-16(14(19-15)8-9-17)13-7-6-11(2)12(3)10-13/h6-7,10H,4-5,8-9,17H2,1-3H3. The van der Waals surface area contributed by atoms with Crippen LogP contribution in [0.2, 0.25) is 0 Å². The topological polar surface area (TPSA) is 38.9 Å². The molecule has 2 N–H and O–H groups in total. The maximum atomic E-state index is 5.72. The van der Waals surface area contributed by atoms with Gasteiger partial charge in [-0.15, -0.1) is 11.3 Å². The smallest absolute Gasteiger partial charge is 0.0935 e. The highest BCUT2D eigenvalue weighted by atomic mass is 32.1. The molecule has 1 heterocycles. The molecule has 0 aliphatic heterocycles. The molecule has 1 aromatic heterocycles. The molecule has 1 aromatic carbocycles. The number of benzene rings is 1. The average molecular weight is 274 g/mol. The summed E-state index contributed by atoms with van der Waals surface area (Å²) in [5, 5.41) is 1.24. The number of hydrogen-bond acceptors (Lipinski definition) is 3. The van der Waals surface area contributed by atoms with Gasteiger partial charge in [0.2, 0.25) is 0 Å². The van der Waals surface area contributed by atoms with Gasteiger partial charge in [-0.05, 0) is 56.8 Å². The summed E-state index contributed by atoms with van der Waals surface area (Å²) in [6, 6.07) is 6.59. The summed E-state index contributed by atoms with van der Waals surface area (Å²) in [6.07, 6.45) is 3.12. The van der Waals surface area contributed by atoms with Crippen molar-refractivity contribution in [2.45, 2.75) is 40.0 Å². The Bertz CT molecular complexity index is 558. The van der Waals surface area contributed by atoms with E-state index < -0.39 is 0 Å². The maximum Gasteiger partial charge on any atom is 0.0935 e. The van der Waals surface area contributed by atoms with Crippen molar-refractivity contribution < 1.29 is 0 Å². The van der Waals surface area contributed by atoms with Crippen molar-refractivity contribution in [2.75, 3.05) is 6.54 Å². The van der Waals surface area contributed by atoms with E-state index in [1.165, 1.54) is 26.6 Å². The molecule has 0 aliphatic rings. The first kappa shape index (κ1) is 14.2. The number of rotatable bonds is 5. The van der Waals surface area contributed by atoms with Crippen LogP contribution >= 0.6 is 11.3 Å². The molecule has 0 unspecified atom stereocenters. The third kappa shape index (κ3) is 3.23. The highest BCUT2D eigenvalue weighted by Gasteiger charge is 2.12. The van der Waals surface area contributed by atoms with Crippen LogP contribution in [0, 0.1) is 13.8 Å². The summed E-state index contributed by atoms with van der Waals surface area (Å²) >= 11 is 1.82. The van der Waals surface area contributed by atoms with Gasteiger partial charge in [-0.1, -0.05) is 19.1 Å². The number of aryl methyl sites for hydroxylation is 3. The molecule has 2 nitrogen and oxygen atoms in total. The van der Waals surface area contributed by atoms with E-state index in [1.54, 1.807) is 0 Å². The number of nitrogens with two attached hydrogens (primary N) is 1. The zero-order valence-electron chi connectivity index (χ0n) is 12.0. The molecular weight excluding hydrogens is 252 g/mol. The maximum absolute atomic E-state index is 5.72. The van der Waals surface area contributed by atoms with E-state index in [0.29, 0.717) is 6.54 Å². The molecule has 0 bridgehead atoms. The Morgan fingerprint density at radius 3 is 2.58 bits per heavy atom. The minimum atomic E-state index is 0.686. The quantitative estimate of drug-likeness (QED) is 0.898. The van der Waals surface area contributed by atoms with Gasteiger partial charge in [0.15, 0.2) is 0 Å². The number of hydrogen-bond donors (Lipinski definition) is 1. The van der Waals surface area contributed by atoms with E-state index in [0.717, 1.165) is 25.0 Å². The van der Waals surface area contributed by atoms with E-state index in [2.05, 4.69) is 39.0 Å². The van der Waals surface area contributed by atoms with Gasteiger partial charge < -0.3 is 5.73 Å². The Balaban J connectivity index is 2.43. The fourth-order valence-corrected chi connectivity index (χ4v) is 3.34. The van der Waals surface area contributed by atoms with E-state index in [1.807, 2.05) is 11.3 Å². The van der Waals surface area contributed by atoms with Gasteiger partial charge >= 0.3 is 0 Å². The second-order valence-corrected chi connectivity index (χ2v) is 6.14. The minimum absolute atomic E-state index is 0.686. The molecule has 0 saturated carbocycles. The second kappa shape index (κ2) is 6.31. The summed E-state index contributed by atoms with van der Waals surface area (Å²) in [7, 11) is 0. The van der Waals surface area contributed by atoms with Crippen LogP contribution in [0.4, 0.5) is 0 Å². The van der Waals surface area contributed by atoms with Gasteiger partial charge in [0.1, 0.15) is 0 Å².